The smallest absolute Gasteiger partial charge is 0.406 e. The average molecular weight is 555 g/mol. The Morgan fingerprint density at radius 1 is 1.10 bits per heavy atom. The summed E-state index contributed by atoms with van der Waals surface area (Å²) < 4.78 is 48.3. The highest BCUT2D eigenvalue weighted by Crippen LogP contribution is 2.27. The first-order chi connectivity index (χ1) is 19.1. The van der Waals surface area contributed by atoms with Crippen molar-refractivity contribution in [2.75, 3.05) is 33.2 Å². The predicted molar refractivity (Wildman–Crippen MR) is 141 cm³/mol. The number of carbonyl (C=O) groups is 1. The number of ether oxygens (including phenoxy) is 1. The Labute approximate surface area is 229 Å². The molecule has 2 aromatic carbocycles. The van der Waals surface area contributed by atoms with Crippen LogP contribution in [0.1, 0.15) is 34.5 Å². The predicted octanol–water partition coefficient (Wildman–Crippen LogP) is 5.02. The zero-order valence-corrected chi connectivity index (χ0v) is 22.2. The molecule has 0 spiro atoms. The van der Waals surface area contributed by atoms with Crippen molar-refractivity contribution in [2.45, 2.75) is 32.7 Å². The van der Waals surface area contributed by atoms with E-state index in [9.17, 15) is 18.0 Å². The maximum Gasteiger partial charge on any atom is 0.573 e. The number of aromatic nitrogens is 4. The van der Waals surface area contributed by atoms with E-state index in [2.05, 4.69) is 24.9 Å². The van der Waals surface area contributed by atoms with Crippen LogP contribution in [0.25, 0.3) is 23.0 Å². The van der Waals surface area contributed by atoms with E-state index >= 15 is 0 Å². The lowest BCUT2D eigenvalue weighted by atomic mass is 10.1. The van der Waals surface area contributed by atoms with Gasteiger partial charge in [-0.15, -0.1) is 13.2 Å². The molecule has 4 aromatic rings. The Morgan fingerprint density at radius 3 is 2.58 bits per heavy atom. The largest absolute Gasteiger partial charge is 0.573 e. The van der Waals surface area contributed by atoms with Gasteiger partial charge in [-0.05, 0) is 80.9 Å². The molecule has 1 saturated heterocycles. The Hall–Kier alpha value is -4.19. The Kier molecular flexibility index (Phi) is 7.88. The van der Waals surface area contributed by atoms with Crippen LogP contribution in [0.2, 0.25) is 0 Å². The molecule has 0 aliphatic carbocycles. The maximum absolute atomic E-state index is 13.0. The number of likely N-dealkylation sites (N-methyl/N-ethyl adjacent to an activating group) is 1. The third kappa shape index (κ3) is 6.68. The van der Waals surface area contributed by atoms with Crippen molar-refractivity contribution < 1.29 is 27.2 Å². The highest BCUT2D eigenvalue weighted by Gasteiger charge is 2.31. The van der Waals surface area contributed by atoms with Crippen molar-refractivity contribution >= 4 is 5.91 Å². The number of nitrogens with zero attached hydrogens (tertiary/aromatic N) is 6. The fourth-order valence-corrected chi connectivity index (χ4v) is 4.62. The Bertz CT molecular complexity index is 1460. The van der Waals surface area contributed by atoms with Crippen LogP contribution >= 0.6 is 0 Å². The maximum atomic E-state index is 13.0. The summed E-state index contributed by atoms with van der Waals surface area (Å²) in [5.74, 6) is 0.0287. The van der Waals surface area contributed by atoms with E-state index in [1.54, 1.807) is 15.6 Å². The van der Waals surface area contributed by atoms with Crippen molar-refractivity contribution in [1.82, 2.24) is 29.7 Å². The van der Waals surface area contributed by atoms with Crippen molar-refractivity contribution in [2.24, 2.45) is 0 Å². The summed E-state index contributed by atoms with van der Waals surface area (Å²) in [7, 11) is 1.83. The number of alkyl halides is 3. The number of halogens is 3. The molecule has 0 radical (unpaired) electrons. The van der Waals surface area contributed by atoms with Crippen LogP contribution in [0.3, 0.4) is 0 Å². The summed E-state index contributed by atoms with van der Waals surface area (Å²) in [4.78, 5) is 21.5. The highest BCUT2D eigenvalue weighted by atomic mass is 19.4. The zero-order valence-electron chi connectivity index (χ0n) is 22.2. The van der Waals surface area contributed by atoms with E-state index in [0.29, 0.717) is 29.9 Å². The molecule has 1 amide bonds. The minimum absolute atomic E-state index is 0.0182. The minimum Gasteiger partial charge on any atom is -0.406 e. The van der Waals surface area contributed by atoms with E-state index in [1.807, 2.05) is 38.2 Å². The number of hydrogen-bond donors (Lipinski definition) is 0. The SMILES string of the molecule is Cc1cc(-c2nc(-c3ccc(OC(F)(F)F)cc3)no2)nn1Cc1cccc(C(=O)N(C)CCN2CCCC2)c1. The van der Waals surface area contributed by atoms with Gasteiger partial charge in [0.05, 0.1) is 6.54 Å². The van der Waals surface area contributed by atoms with Gasteiger partial charge >= 0.3 is 6.36 Å². The highest BCUT2D eigenvalue weighted by molar-refractivity contribution is 5.94. The van der Waals surface area contributed by atoms with Crippen molar-refractivity contribution in [3.63, 3.8) is 0 Å². The standard InChI is InChI=1S/C28H29F3N6O3/c1-19-16-24(26-32-25(34-40-26)21-8-10-23(11-9-21)39-28(29,30)31)33-37(19)18-20-6-5-7-22(17-20)27(38)35(2)14-15-36-12-3-4-13-36/h5-11,16-17H,3-4,12-15,18H2,1-2H3. The van der Waals surface area contributed by atoms with Gasteiger partial charge in [-0.1, -0.05) is 17.3 Å². The van der Waals surface area contributed by atoms with E-state index in [0.717, 1.165) is 30.9 Å². The summed E-state index contributed by atoms with van der Waals surface area (Å²) in [6.07, 6.45) is -2.32. The van der Waals surface area contributed by atoms with Gasteiger partial charge in [0.25, 0.3) is 11.8 Å². The van der Waals surface area contributed by atoms with Gasteiger partial charge in [-0.3, -0.25) is 9.48 Å². The molecule has 5 rings (SSSR count). The van der Waals surface area contributed by atoms with E-state index in [-0.39, 0.29) is 23.4 Å². The molecule has 0 atom stereocenters. The first-order valence-corrected chi connectivity index (χ1v) is 13.0. The molecule has 12 heteroatoms. The summed E-state index contributed by atoms with van der Waals surface area (Å²) in [6, 6.07) is 14.5. The first kappa shape index (κ1) is 27.4. The Balaban J connectivity index is 1.24. The van der Waals surface area contributed by atoms with Crippen LogP contribution < -0.4 is 4.74 Å². The van der Waals surface area contributed by atoms with Gasteiger partial charge in [0.15, 0.2) is 5.69 Å². The molecule has 9 nitrogen and oxygen atoms in total. The van der Waals surface area contributed by atoms with Crippen LogP contribution in [0, 0.1) is 6.92 Å². The number of hydrogen-bond acceptors (Lipinski definition) is 7. The zero-order chi connectivity index (χ0) is 28.3. The fraction of sp³-hybridized carbons (Fsp3) is 0.357. The van der Waals surface area contributed by atoms with E-state index in [1.165, 1.54) is 37.1 Å². The van der Waals surface area contributed by atoms with Crippen molar-refractivity contribution in [3.8, 4) is 28.7 Å². The number of amides is 1. The number of rotatable bonds is 9. The lowest BCUT2D eigenvalue weighted by molar-refractivity contribution is -0.274. The molecule has 0 N–H and O–H groups in total. The number of aryl methyl sites for hydroxylation is 1. The molecule has 1 aliphatic rings. The molecule has 1 aliphatic heterocycles. The molecular weight excluding hydrogens is 525 g/mol. The monoisotopic (exact) mass is 554 g/mol. The lowest BCUT2D eigenvalue weighted by Gasteiger charge is -2.21. The molecule has 2 aromatic heterocycles. The third-order valence-electron chi connectivity index (χ3n) is 6.78. The lowest BCUT2D eigenvalue weighted by Crippen LogP contribution is -2.35. The third-order valence-corrected chi connectivity index (χ3v) is 6.78. The van der Waals surface area contributed by atoms with Crippen LogP contribution in [0.4, 0.5) is 13.2 Å². The molecule has 1 fully saturated rings. The van der Waals surface area contributed by atoms with E-state index in [4.69, 9.17) is 4.52 Å². The second kappa shape index (κ2) is 11.5. The molecule has 0 unspecified atom stereocenters. The van der Waals surface area contributed by atoms with Crippen molar-refractivity contribution in [3.05, 3.63) is 71.4 Å². The topological polar surface area (TPSA) is 89.5 Å². The molecule has 210 valence electrons. The Morgan fingerprint density at radius 2 is 1.85 bits per heavy atom. The second-order valence-electron chi connectivity index (χ2n) is 9.80. The number of carbonyl (C=O) groups excluding carboxylic acids is 1. The normalized spacial score (nSPS) is 14.0. The quantitative estimate of drug-likeness (QED) is 0.287. The summed E-state index contributed by atoms with van der Waals surface area (Å²) in [5.41, 5.74) is 3.32. The van der Waals surface area contributed by atoms with Crippen LogP contribution in [-0.4, -0.2) is 75.2 Å². The van der Waals surface area contributed by atoms with Gasteiger partial charge in [0, 0.05) is 37.0 Å². The van der Waals surface area contributed by atoms with Gasteiger partial charge in [-0.25, -0.2) is 0 Å². The number of benzene rings is 2. The van der Waals surface area contributed by atoms with Crippen LogP contribution in [-0.2, 0) is 6.54 Å². The first-order valence-electron chi connectivity index (χ1n) is 13.0. The molecule has 3 heterocycles. The molecule has 0 saturated carbocycles. The minimum atomic E-state index is -4.77. The average Bonchev–Trinajstić information content (AvgIpc) is 3.69. The van der Waals surface area contributed by atoms with Gasteiger partial charge in [0.2, 0.25) is 5.82 Å². The van der Waals surface area contributed by atoms with E-state index < -0.39 is 6.36 Å². The molecular formula is C28H29F3N6O3. The summed E-state index contributed by atoms with van der Waals surface area (Å²) in [6.45, 7) is 6.10. The summed E-state index contributed by atoms with van der Waals surface area (Å²) >= 11 is 0. The fourth-order valence-electron chi connectivity index (χ4n) is 4.62. The van der Waals surface area contributed by atoms with Gasteiger partial charge in [-0.2, -0.15) is 10.1 Å². The van der Waals surface area contributed by atoms with Gasteiger partial charge in [0.1, 0.15) is 5.75 Å². The van der Waals surface area contributed by atoms with Crippen LogP contribution in [0.15, 0.2) is 59.1 Å². The molecule has 40 heavy (non-hydrogen) atoms. The second-order valence-corrected chi connectivity index (χ2v) is 9.80. The van der Waals surface area contributed by atoms with Gasteiger partial charge < -0.3 is 19.1 Å². The number of likely N-dealkylation sites (tertiary alicyclic amines) is 1. The summed E-state index contributed by atoms with van der Waals surface area (Å²) in [5, 5.41) is 8.53. The van der Waals surface area contributed by atoms with Crippen LogP contribution in [0.5, 0.6) is 5.75 Å². The molecule has 0 bridgehead atoms. The van der Waals surface area contributed by atoms with Crippen molar-refractivity contribution in [1.29, 1.82) is 0 Å².